The highest BCUT2D eigenvalue weighted by molar-refractivity contribution is 7.10. The van der Waals surface area contributed by atoms with Crippen molar-refractivity contribution >= 4 is 23.2 Å². The molecule has 0 aliphatic heterocycles. The van der Waals surface area contributed by atoms with Gasteiger partial charge in [-0.1, -0.05) is 18.2 Å². The lowest BCUT2D eigenvalue weighted by atomic mass is 10.1. The molecule has 2 N–H and O–H groups in total. The van der Waals surface area contributed by atoms with Crippen molar-refractivity contribution in [2.45, 2.75) is 25.9 Å². The standard InChI is InChI=1S/C17H20N2O3S/c1-12(20)19-15(16-4-3-9-23-16)10-17(21)18-11-13-5-7-14(22-2)8-6-13/h3-9,15H,10-11H2,1-2H3,(H,18,21)(H,19,20)/t15-/m1/s1. The van der Waals surface area contributed by atoms with Crippen molar-refractivity contribution in [3.63, 3.8) is 0 Å². The SMILES string of the molecule is COc1ccc(CNC(=O)C[C@@H](NC(C)=O)c2cccs2)cc1. The first-order chi connectivity index (χ1) is 11.1. The summed E-state index contributed by atoms with van der Waals surface area (Å²) in [6, 6.07) is 11.1. The van der Waals surface area contributed by atoms with Crippen molar-refractivity contribution in [1.82, 2.24) is 10.6 Å². The molecule has 6 heteroatoms. The van der Waals surface area contributed by atoms with E-state index in [0.29, 0.717) is 6.54 Å². The molecule has 2 aromatic rings. The smallest absolute Gasteiger partial charge is 0.222 e. The van der Waals surface area contributed by atoms with E-state index in [1.54, 1.807) is 7.11 Å². The van der Waals surface area contributed by atoms with Crippen LogP contribution in [0.1, 0.15) is 29.8 Å². The maximum atomic E-state index is 12.1. The van der Waals surface area contributed by atoms with Crippen LogP contribution in [0.5, 0.6) is 5.75 Å². The van der Waals surface area contributed by atoms with E-state index >= 15 is 0 Å². The first-order valence-corrected chi connectivity index (χ1v) is 8.16. The second-order valence-electron chi connectivity index (χ2n) is 5.10. The van der Waals surface area contributed by atoms with E-state index in [1.165, 1.54) is 18.3 Å². The lowest BCUT2D eigenvalue weighted by Crippen LogP contribution is -2.32. The van der Waals surface area contributed by atoms with E-state index in [0.717, 1.165) is 16.2 Å². The molecule has 0 saturated heterocycles. The summed E-state index contributed by atoms with van der Waals surface area (Å²) in [4.78, 5) is 24.4. The number of hydrogen-bond donors (Lipinski definition) is 2. The number of carbonyl (C=O) groups excluding carboxylic acids is 2. The molecule has 0 bridgehead atoms. The van der Waals surface area contributed by atoms with Gasteiger partial charge in [0.1, 0.15) is 5.75 Å². The van der Waals surface area contributed by atoms with Gasteiger partial charge in [0.25, 0.3) is 0 Å². The van der Waals surface area contributed by atoms with Crippen molar-refractivity contribution in [3.8, 4) is 5.75 Å². The highest BCUT2D eigenvalue weighted by Gasteiger charge is 2.17. The third kappa shape index (κ3) is 5.41. The number of carbonyl (C=O) groups is 2. The highest BCUT2D eigenvalue weighted by Crippen LogP contribution is 2.22. The average molecular weight is 332 g/mol. The summed E-state index contributed by atoms with van der Waals surface area (Å²) >= 11 is 1.52. The predicted molar refractivity (Wildman–Crippen MR) is 90.3 cm³/mol. The topological polar surface area (TPSA) is 67.4 Å². The first-order valence-electron chi connectivity index (χ1n) is 7.28. The van der Waals surface area contributed by atoms with Gasteiger partial charge in [0.15, 0.2) is 0 Å². The molecule has 0 aliphatic rings. The zero-order valence-electron chi connectivity index (χ0n) is 13.2. The molecular formula is C17H20N2O3S. The third-order valence-corrected chi connectivity index (χ3v) is 4.29. The van der Waals surface area contributed by atoms with E-state index in [1.807, 2.05) is 41.8 Å². The van der Waals surface area contributed by atoms with Crippen LogP contribution in [0.15, 0.2) is 41.8 Å². The van der Waals surface area contributed by atoms with Crippen LogP contribution in [-0.4, -0.2) is 18.9 Å². The second-order valence-corrected chi connectivity index (χ2v) is 6.08. The molecule has 0 radical (unpaired) electrons. The van der Waals surface area contributed by atoms with Gasteiger partial charge in [-0.25, -0.2) is 0 Å². The molecule has 0 spiro atoms. The number of rotatable bonds is 7. The van der Waals surface area contributed by atoms with Crippen molar-refractivity contribution in [1.29, 1.82) is 0 Å². The molecule has 23 heavy (non-hydrogen) atoms. The fourth-order valence-electron chi connectivity index (χ4n) is 2.16. The maximum Gasteiger partial charge on any atom is 0.222 e. The summed E-state index contributed by atoms with van der Waals surface area (Å²) in [6.45, 7) is 1.90. The molecule has 1 heterocycles. The normalized spacial score (nSPS) is 11.6. The van der Waals surface area contributed by atoms with E-state index in [9.17, 15) is 9.59 Å². The minimum atomic E-state index is -0.289. The Hall–Kier alpha value is -2.34. The second kappa shape index (κ2) is 8.33. The van der Waals surface area contributed by atoms with Gasteiger partial charge in [0.05, 0.1) is 19.6 Å². The Balaban J connectivity index is 1.89. The lowest BCUT2D eigenvalue weighted by Gasteiger charge is -2.16. The highest BCUT2D eigenvalue weighted by atomic mass is 32.1. The van der Waals surface area contributed by atoms with E-state index in [4.69, 9.17) is 4.74 Å². The molecular weight excluding hydrogens is 312 g/mol. The summed E-state index contributed by atoms with van der Waals surface area (Å²) in [6.07, 6.45) is 0.219. The molecule has 2 rings (SSSR count). The number of benzene rings is 1. The third-order valence-electron chi connectivity index (χ3n) is 3.30. The maximum absolute atomic E-state index is 12.1. The summed E-state index contributed by atoms with van der Waals surface area (Å²) in [7, 11) is 1.61. The van der Waals surface area contributed by atoms with E-state index in [-0.39, 0.29) is 24.3 Å². The predicted octanol–water partition coefficient (Wildman–Crippen LogP) is 2.64. The summed E-state index contributed by atoms with van der Waals surface area (Å²) in [5.41, 5.74) is 0.992. The van der Waals surface area contributed by atoms with Crippen LogP contribution in [0.2, 0.25) is 0 Å². The van der Waals surface area contributed by atoms with E-state index in [2.05, 4.69) is 10.6 Å². The number of amides is 2. The molecule has 0 saturated carbocycles. The van der Waals surface area contributed by atoms with Gasteiger partial charge in [0.2, 0.25) is 11.8 Å². The molecule has 1 aromatic carbocycles. The summed E-state index contributed by atoms with van der Waals surface area (Å²) < 4.78 is 5.10. The van der Waals surface area contributed by atoms with Gasteiger partial charge >= 0.3 is 0 Å². The van der Waals surface area contributed by atoms with Gasteiger partial charge in [-0.15, -0.1) is 11.3 Å². The Morgan fingerprint density at radius 3 is 2.52 bits per heavy atom. The van der Waals surface area contributed by atoms with Crippen LogP contribution in [0.25, 0.3) is 0 Å². The van der Waals surface area contributed by atoms with Gasteiger partial charge in [-0.2, -0.15) is 0 Å². The Bertz CT molecular complexity index is 638. The molecule has 0 fully saturated rings. The van der Waals surface area contributed by atoms with Crippen LogP contribution in [0.3, 0.4) is 0 Å². The van der Waals surface area contributed by atoms with Crippen molar-refractivity contribution in [2.24, 2.45) is 0 Å². The van der Waals surface area contributed by atoms with Gasteiger partial charge < -0.3 is 15.4 Å². The number of methoxy groups -OCH3 is 1. The molecule has 0 aliphatic carbocycles. The Labute approximate surface area is 139 Å². The number of nitrogens with one attached hydrogen (secondary N) is 2. The van der Waals surface area contributed by atoms with Crippen molar-refractivity contribution in [2.75, 3.05) is 7.11 Å². The van der Waals surface area contributed by atoms with Gasteiger partial charge in [0, 0.05) is 18.3 Å². The van der Waals surface area contributed by atoms with Crippen LogP contribution in [0, 0.1) is 0 Å². The average Bonchev–Trinajstić information content (AvgIpc) is 3.07. The molecule has 5 nitrogen and oxygen atoms in total. The molecule has 2 amide bonds. The number of ether oxygens (including phenoxy) is 1. The lowest BCUT2D eigenvalue weighted by molar-refractivity contribution is -0.122. The van der Waals surface area contributed by atoms with Gasteiger partial charge in [-0.3, -0.25) is 9.59 Å². The molecule has 0 unspecified atom stereocenters. The monoisotopic (exact) mass is 332 g/mol. The first kappa shape index (κ1) is 17.0. The minimum absolute atomic E-state index is 0.104. The zero-order chi connectivity index (χ0) is 16.7. The van der Waals surface area contributed by atoms with Crippen molar-refractivity contribution < 1.29 is 14.3 Å². The zero-order valence-corrected chi connectivity index (χ0v) is 14.0. The Morgan fingerprint density at radius 1 is 1.22 bits per heavy atom. The molecule has 122 valence electrons. The van der Waals surface area contributed by atoms with Gasteiger partial charge in [-0.05, 0) is 29.1 Å². The Morgan fingerprint density at radius 2 is 1.96 bits per heavy atom. The minimum Gasteiger partial charge on any atom is -0.497 e. The fraction of sp³-hybridized carbons (Fsp3) is 0.294. The van der Waals surface area contributed by atoms with Crippen LogP contribution < -0.4 is 15.4 Å². The molecule has 1 atom stereocenters. The summed E-state index contributed by atoms with van der Waals surface area (Å²) in [5.74, 6) is 0.530. The van der Waals surface area contributed by atoms with Crippen LogP contribution in [-0.2, 0) is 16.1 Å². The van der Waals surface area contributed by atoms with Crippen LogP contribution in [0.4, 0.5) is 0 Å². The largest absolute Gasteiger partial charge is 0.497 e. The summed E-state index contributed by atoms with van der Waals surface area (Å²) in [5, 5.41) is 7.63. The quantitative estimate of drug-likeness (QED) is 0.819. The van der Waals surface area contributed by atoms with Crippen LogP contribution >= 0.6 is 11.3 Å². The van der Waals surface area contributed by atoms with E-state index < -0.39 is 0 Å². The van der Waals surface area contributed by atoms with Crippen molar-refractivity contribution in [3.05, 3.63) is 52.2 Å². The molecule has 1 aromatic heterocycles. The number of thiophene rings is 1. The fourth-order valence-corrected chi connectivity index (χ4v) is 2.94. The number of hydrogen-bond acceptors (Lipinski definition) is 4. The Kier molecular flexibility index (Phi) is 6.17.